The zero-order valence-corrected chi connectivity index (χ0v) is 28.9. The van der Waals surface area contributed by atoms with Gasteiger partial charge in [-0.25, -0.2) is 0 Å². The first-order chi connectivity index (χ1) is 20.0. The Hall–Kier alpha value is -0.760. The van der Waals surface area contributed by atoms with Crippen LogP contribution in [0.4, 0.5) is 0 Å². The lowest BCUT2D eigenvalue weighted by atomic mass is 10.0. The SMILES string of the molecule is CCCCC/C=C/CCCC[C@@H](O)[C@H](COP(=O)([O-])OCC[N+](C)(C)C)NC(=O)CCCCCCCCCCCCC. The molecule has 0 radical (unpaired) electrons. The number of unbranched alkanes of at least 4 members (excludes halogenated alkanes) is 15. The van der Waals surface area contributed by atoms with Crippen LogP contribution in [-0.2, 0) is 18.4 Å². The summed E-state index contributed by atoms with van der Waals surface area (Å²) in [5.41, 5.74) is 0. The number of aliphatic hydroxyl groups is 1. The van der Waals surface area contributed by atoms with Gasteiger partial charge in [-0.05, 0) is 38.5 Å². The minimum atomic E-state index is -4.55. The molecule has 0 saturated carbocycles. The second-order valence-electron chi connectivity index (χ2n) is 12.9. The number of aliphatic hydroxyl groups excluding tert-OH is 1. The summed E-state index contributed by atoms with van der Waals surface area (Å²) in [6.45, 7) is 4.61. The summed E-state index contributed by atoms with van der Waals surface area (Å²) in [4.78, 5) is 25.0. The smallest absolute Gasteiger partial charge is 0.268 e. The van der Waals surface area contributed by atoms with Crippen LogP contribution in [0.5, 0.6) is 0 Å². The van der Waals surface area contributed by atoms with Gasteiger partial charge in [0.15, 0.2) is 0 Å². The van der Waals surface area contributed by atoms with Crippen LogP contribution in [0.2, 0.25) is 0 Å². The van der Waals surface area contributed by atoms with Gasteiger partial charge in [-0.2, -0.15) is 0 Å². The summed E-state index contributed by atoms with van der Waals surface area (Å²) in [6, 6.07) is -0.806. The van der Waals surface area contributed by atoms with Crippen LogP contribution in [-0.4, -0.2) is 68.5 Å². The third-order valence-corrected chi connectivity index (χ3v) is 8.47. The van der Waals surface area contributed by atoms with Crippen molar-refractivity contribution in [1.29, 1.82) is 0 Å². The molecular formula is C33H67N2O6P. The molecule has 0 aromatic rings. The van der Waals surface area contributed by atoms with E-state index in [1.165, 1.54) is 70.6 Å². The molecule has 42 heavy (non-hydrogen) atoms. The Morgan fingerprint density at radius 3 is 1.86 bits per heavy atom. The van der Waals surface area contributed by atoms with E-state index in [2.05, 4.69) is 31.3 Å². The lowest BCUT2D eigenvalue weighted by Gasteiger charge is -2.30. The predicted molar refractivity (Wildman–Crippen MR) is 173 cm³/mol. The summed E-state index contributed by atoms with van der Waals surface area (Å²) in [5.74, 6) is -0.180. The Morgan fingerprint density at radius 1 is 0.810 bits per heavy atom. The van der Waals surface area contributed by atoms with Gasteiger partial charge in [0.05, 0.1) is 39.9 Å². The minimum absolute atomic E-state index is 0.00861. The molecule has 0 aromatic carbocycles. The van der Waals surface area contributed by atoms with Crippen LogP contribution in [0.25, 0.3) is 0 Å². The highest BCUT2D eigenvalue weighted by molar-refractivity contribution is 7.45. The van der Waals surface area contributed by atoms with Gasteiger partial charge in [-0.3, -0.25) is 9.36 Å². The molecule has 0 saturated heterocycles. The van der Waals surface area contributed by atoms with Crippen LogP contribution in [0.3, 0.4) is 0 Å². The van der Waals surface area contributed by atoms with E-state index < -0.39 is 20.0 Å². The van der Waals surface area contributed by atoms with E-state index in [1.807, 2.05) is 21.1 Å². The highest BCUT2D eigenvalue weighted by Gasteiger charge is 2.24. The van der Waals surface area contributed by atoms with Crippen LogP contribution in [0, 0.1) is 0 Å². The molecule has 0 rings (SSSR count). The van der Waals surface area contributed by atoms with Crippen LogP contribution in [0.15, 0.2) is 12.2 Å². The van der Waals surface area contributed by atoms with Crippen molar-refractivity contribution >= 4 is 13.7 Å². The topological polar surface area (TPSA) is 108 Å². The number of allylic oxidation sites excluding steroid dienone is 2. The minimum Gasteiger partial charge on any atom is -0.756 e. The molecule has 0 aliphatic carbocycles. The zero-order valence-electron chi connectivity index (χ0n) is 28.0. The van der Waals surface area contributed by atoms with Crippen LogP contribution in [0.1, 0.15) is 142 Å². The van der Waals surface area contributed by atoms with Gasteiger partial charge in [0.2, 0.25) is 5.91 Å². The molecule has 2 N–H and O–H groups in total. The maximum absolute atomic E-state index is 12.7. The van der Waals surface area contributed by atoms with Crippen LogP contribution >= 0.6 is 7.82 Å². The van der Waals surface area contributed by atoms with Gasteiger partial charge < -0.3 is 28.8 Å². The van der Waals surface area contributed by atoms with Gasteiger partial charge in [-0.15, -0.1) is 0 Å². The van der Waals surface area contributed by atoms with E-state index in [0.29, 0.717) is 23.9 Å². The number of rotatable bonds is 30. The number of phosphoric ester groups is 1. The average molecular weight is 619 g/mol. The lowest BCUT2D eigenvalue weighted by Crippen LogP contribution is -2.46. The number of likely N-dealkylation sites (N-methyl/N-ethyl adjacent to an activating group) is 1. The molecule has 0 spiro atoms. The fraction of sp³-hybridized carbons (Fsp3) is 0.909. The van der Waals surface area contributed by atoms with E-state index >= 15 is 0 Å². The number of nitrogens with zero attached hydrogens (tertiary/aromatic N) is 1. The Morgan fingerprint density at radius 2 is 1.31 bits per heavy atom. The molecule has 0 fully saturated rings. The van der Waals surface area contributed by atoms with E-state index in [1.54, 1.807) is 0 Å². The first-order valence-electron chi connectivity index (χ1n) is 17.0. The predicted octanol–water partition coefficient (Wildman–Crippen LogP) is 7.44. The summed E-state index contributed by atoms with van der Waals surface area (Å²) < 4.78 is 23.0. The molecule has 8 nitrogen and oxygen atoms in total. The molecule has 0 aromatic heterocycles. The number of carbonyl (C=O) groups excluding carboxylic acids is 1. The van der Waals surface area contributed by atoms with Crippen molar-refractivity contribution in [2.24, 2.45) is 0 Å². The van der Waals surface area contributed by atoms with E-state index in [9.17, 15) is 19.4 Å². The Bertz CT molecular complexity index is 713. The molecular weight excluding hydrogens is 551 g/mol. The van der Waals surface area contributed by atoms with Gasteiger partial charge in [0, 0.05) is 6.42 Å². The maximum Gasteiger partial charge on any atom is 0.268 e. The Labute approximate surface area is 259 Å². The number of hydrogen-bond acceptors (Lipinski definition) is 6. The molecule has 0 bridgehead atoms. The van der Waals surface area contributed by atoms with Crippen molar-refractivity contribution in [3.05, 3.63) is 12.2 Å². The first-order valence-corrected chi connectivity index (χ1v) is 18.5. The van der Waals surface area contributed by atoms with Gasteiger partial charge >= 0.3 is 0 Å². The van der Waals surface area contributed by atoms with E-state index in [-0.39, 0.29) is 19.1 Å². The standard InChI is InChI=1S/C33H67N2O6P/c1-6-8-10-12-14-16-17-19-21-23-25-27-33(37)34-31(30-41-42(38,39)40-29-28-35(3,4)5)32(36)26-24-22-20-18-15-13-11-9-7-2/h15,18,31-32,36H,6-14,16-17,19-30H2,1-5H3,(H-,34,37,38,39)/b18-15+/t31-,32+/m0/s1. The average Bonchev–Trinajstić information content (AvgIpc) is 2.92. The third-order valence-electron chi connectivity index (χ3n) is 7.50. The van der Waals surface area contributed by atoms with E-state index in [4.69, 9.17) is 9.05 Å². The van der Waals surface area contributed by atoms with E-state index in [0.717, 1.165) is 44.9 Å². The number of amides is 1. The van der Waals surface area contributed by atoms with Crippen LogP contribution < -0.4 is 10.2 Å². The van der Waals surface area contributed by atoms with Gasteiger partial charge in [0.1, 0.15) is 13.2 Å². The highest BCUT2D eigenvalue weighted by atomic mass is 31.2. The fourth-order valence-corrected chi connectivity index (χ4v) is 5.40. The third kappa shape index (κ3) is 28.0. The largest absolute Gasteiger partial charge is 0.756 e. The molecule has 0 aliphatic rings. The monoisotopic (exact) mass is 618 g/mol. The molecule has 0 aliphatic heterocycles. The number of carbonyl (C=O) groups is 1. The zero-order chi connectivity index (χ0) is 31.5. The summed E-state index contributed by atoms with van der Waals surface area (Å²) in [5, 5.41) is 13.7. The van der Waals surface area contributed by atoms with Crippen molar-refractivity contribution in [1.82, 2.24) is 5.32 Å². The summed E-state index contributed by atoms with van der Waals surface area (Å²) >= 11 is 0. The normalized spacial score (nSPS) is 15.1. The first kappa shape index (κ1) is 41.2. The molecule has 1 unspecified atom stereocenters. The lowest BCUT2D eigenvalue weighted by molar-refractivity contribution is -0.870. The number of phosphoric acid groups is 1. The number of quaternary nitrogens is 1. The quantitative estimate of drug-likeness (QED) is 0.0375. The fourth-order valence-electron chi connectivity index (χ4n) is 4.68. The van der Waals surface area contributed by atoms with Gasteiger partial charge in [0.25, 0.3) is 7.82 Å². The van der Waals surface area contributed by atoms with Crippen molar-refractivity contribution in [2.75, 3.05) is 40.9 Å². The molecule has 250 valence electrons. The van der Waals surface area contributed by atoms with Crippen molar-refractivity contribution < 1.29 is 32.9 Å². The van der Waals surface area contributed by atoms with Gasteiger partial charge in [-0.1, -0.05) is 109 Å². The summed E-state index contributed by atoms with van der Waals surface area (Å²) in [6.07, 6.45) is 25.0. The molecule has 1 amide bonds. The van der Waals surface area contributed by atoms with Crippen molar-refractivity contribution in [2.45, 2.75) is 154 Å². The number of nitrogens with one attached hydrogen (secondary N) is 1. The molecule has 9 heteroatoms. The number of hydrogen-bond donors (Lipinski definition) is 2. The molecule has 3 atom stereocenters. The Balaban J connectivity index is 4.56. The second kappa shape index (κ2) is 26.6. The highest BCUT2D eigenvalue weighted by Crippen LogP contribution is 2.38. The second-order valence-corrected chi connectivity index (χ2v) is 14.3. The summed E-state index contributed by atoms with van der Waals surface area (Å²) in [7, 11) is 1.28. The molecule has 0 heterocycles. The Kier molecular flexibility index (Phi) is 26.1. The van der Waals surface area contributed by atoms with Crippen molar-refractivity contribution in [3.63, 3.8) is 0 Å². The van der Waals surface area contributed by atoms with Crippen molar-refractivity contribution in [3.8, 4) is 0 Å². The maximum atomic E-state index is 12.7.